The van der Waals surface area contributed by atoms with E-state index in [1.807, 2.05) is 0 Å². The lowest BCUT2D eigenvalue weighted by atomic mass is 10.1. The van der Waals surface area contributed by atoms with E-state index in [0.29, 0.717) is 17.3 Å². The Labute approximate surface area is 144 Å². The Bertz CT molecular complexity index is 764. The van der Waals surface area contributed by atoms with E-state index in [1.54, 1.807) is 36.4 Å². The Hall–Kier alpha value is -2.40. The highest BCUT2D eigenvalue weighted by molar-refractivity contribution is 6.30. The molecule has 0 aliphatic carbocycles. The van der Waals surface area contributed by atoms with Crippen LogP contribution in [0.1, 0.15) is 12.0 Å². The molecule has 3 rings (SSSR count). The minimum Gasteiger partial charge on any atom is -0.351 e. The highest BCUT2D eigenvalue weighted by Crippen LogP contribution is 2.22. The van der Waals surface area contributed by atoms with Crippen molar-refractivity contribution in [3.63, 3.8) is 0 Å². The van der Waals surface area contributed by atoms with Crippen LogP contribution in [0.4, 0.5) is 10.1 Å². The molecule has 2 aromatic rings. The van der Waals surface area contributed by atoms with Crippen LogP contribution in [0.3, 0.4) is 0 Å². The van der Waals surface area contributed by atoms with Gasteiger partial charge < -0.3 is 10.2 Å². The molecule has 0 unspecified atom stereocenters. The minimum atomic E-state index is -0.393. The van der Waals surface area contributed by atoms with Gasteiger partial charge in [0.2, 0.25) is 11.8 Å². The summed E-state index contributed by atoms with van der Waals surface area (Å²) < 4.78 is 13.3. The predicted octanol–water partition coefficient (Wildman–Crippen LogP) is 2.94. The van der Waals surface area contributed by atoms with Gasteiger partial charge in [-0.15, -0.1) is 0 Å². The van der Waals surface area contributed by atoms with E-state index in [4.69, 9.17) is 11.6 Å². The summed E-state index contributed by atoms with van der Waals surface area (Å²) in [5.74, 6) is -0.677. The summed E-state index contributed by atoms with van der Waals surface area (Å²) >= 11 is 5.82. The van der Waals surface area contributed by atoms with Gasteiger partial charge >= 0.3 is 0 Å². The highest BCUT2D eigenvalue weighted by Gasteiger charge is 2.31. The van der Waals surface area contributed by atoms with Gasteiger partial charge in [-0.25, -0.2) is 4.39 Å². The van der Waals surface area contributed by atoms with Crippen LogP contribution in [0.25, 0.3) is 0 Å². The average molecular weight is 347 g/mol. The third-order valence-electron chi connectivity index (χ3n) is 3.89. The quantitative estimate of drug-likeness (QED) is 0.925. The van der Waals surface area contributed by atoms with Gasteiger partial charge in [-0.2, -0.15) is 0 Å². The fourth-order valence-electron chi connectivity index (χ4n) is 2.76. The van der Waals surface area contributed by atoms with Crippen molar-refractivity contribution in [2.24, 2.45) is 0 Å². The van der Waals surface area contributed by atoms with E-state index in [0.717, 1.165) is 5.56 Å². The number of halogens is 2. The van der Waals surface area contributed by atoms with Crippen LogP contribution >= 0.6 is 11.6 Å². The number of amides is 2. The molecule has 0 saturated carbocycles. The number of hydrogen-bond acceptors (Lipinski definition) is 2. The minimum absolute atomic E-state index is 0.127. The summed E-state index contributed by atoms with van der Waals surface area (Å²) in [5, 5.41) is 3.48. The van der Waals surface area contributed by atoms with Crippen molar-refractivity contribution in [2.75, 3.05) is 11.4 Å². The Morgan fingerprint density at radius 3 is 2.71 bits per heavy atom. The first-order valence-electron chi connectivity index (χ1n) is 7.61. The second-order valence-electron chi connectivity index (χ2n) is 5.76. The molecule has 2 aromatic carbocycles. The first-order chi connectivity index (χ1) is 11.5. The van der Waals surface area contributed by atoms with Gasteiger partial charge in [0.15, 0.2) is 0 Å². The molecule has 1 saturated heterocycles. The smallest absolute Gasteiger partial charge is 0.229 e. The van der Waals surface area contributed by atoms with E-state index in [9.17, 15) is 14.0 Å². The summed E-state index contributed by atoms with van der Waals surface area (Å²) in [4.78, 5) is 25.7. The van der Waals surface area contributed by atoms with Crippen molar-refractivity contribution < 1.29 is 14.0 Å². The Kier molecular flexibility index (Phi) is 4.81. The number of nitrogens with zero attached hydrogens (tertiary/aromatic N) is 1. The molecule has 0 radical (unpaired) electrons. The zero-order valence-electron chi connectivity index (χ0n) is 12.8. The van der Waals surface area contributed by atoms with Crippen molar-refractivity contribution in [3.8, 4) is 0 Å². The number of carbonyl (C=O) groups is 2. The van der Waals surface area contributed by atoms with Gasteiger partial charge in [0.25, 0.3) is 0 Å². The normalized spacial score (nSPS) is 17.2. The third-order valence-corrected chi connectivity index (χ3v) is 4.14. The van der Waals surface area contributed by atoms with Gasteiger partial charge in [0, 0.05) is 23.7 Å². The molecule has 0 spiro atoms. The molecule has 1 fully saturated rings. The van der Waals surface area contributed by atoms with E-state index in [-0.39, 0.29) is 30.7 Å². The van der Waals surface area contributed by atoms with E-state index in [2.05, 4.69) is 5.32 Å². The maximum atomic E-state index is 13.3. The Balaban J connectivity index is 1.59. The van der Waals surface area contributed by atoms with E-state index >= 15 is 0 Å². The molecule has 1 atom stereocenters. The van der Waals surface area contributed by atoms with Crippen LogP contribution < -0.4 is 10.2 Å². The lowest BCUT2D eigenvalue weighted by Gasteiger charge is -2.17. The highest BCUT2D eigenvalue weighted by atomic mass is 35.5. The van der Waals surface area contributed by atoms with Gasteiger partial charge in [-0.05, 0) is 35.9 Å². The number of benzene rings is 2. The molecule has 1 aliphatic rings. The molecular weight excluding hydrogens is 331 g/mol. The fraction of sp³-hybridized carbons (Fsp3) is 0.222. The van der Waals surface area contributed by atoms with E-state index in [1.165, 1.54) is 17.0 Å². The SMILES string of the molecule is O=C(Cc1ccc(Cl)cc1)N[C@@H]1CC(=O)N(c2cccc(F)c2)C1. The molecule has 124 valence electrons. The topological polar surface area (TPSA) is 49.4 Å². The molecule has 24 heavy (non-hydrogen) atoms. The zero-order valence-corrected chi connectivity index (χ0v) is 13.6. The second kappa shape index (κ2) is 7.01. The van der Waals surface area contributed by atoms with Gasteiger partial charge in [0.05, 0.1) is 12.5 Å². The zero-order chi connectivity index (χ0) is 17.1. The summed E-state index contributed by atoms with van der Waals surface area (Å²) in [6, 6.07) is 12.7. The second-order valence-corrected chi connectivity index (χ2v) is 6.19. The molecule has 0 aromatic heterocycles. The lowest BCUT2D eigenvalue weighted by Crippen LogP contribution is -2.38. The number of anilines is 1. The largest absolute Gasteiger partial charge is 0.351 e. The molecule has 6 heteroatoms. The van der Waals surface area contributed by atoms with Crippen LogP contribution in [0.15, 0.2) is 48.5 Å². The molecule has 0 bridgehead atoms. The molecule has 2 amide bonds. The fourth-order valence-corrected chi connectivity index (χ4v) is 2.89. The maximum Gasteiger partial charge on any atom is 0.229 e. The Morgan fingerprint density at radius 1 is 1.25 bits per heavy atom. The van der Waals surface area contributed by atoms with Crippen LogP contribution in [-0.2, 0) is 16.0 Å². The first-order valence-corrected chi connectivity index (χ1v) is 7.99. The number of carbonyl (C=O) groups excluding carboxylic acids is 2. The molecular formula is C18H16ClFN2O2. The van der Waals surface area contributed by atoms with Gasteiger partial charge in [-0.3, -0.25) is 9.59 Å². The van der Waals surface area contributed by atoms with Crippen molar-refractivity contribution in [2.45, 2.75) is 18.9 Å². The first kappa shape index (κ1) is 16.5. The summed E-state index contributed by atoms with van der Waals surface area (Å²) in [6.45, 7) is 0.342. The summed E-state index contributed by atoms with van der Waals surface area (Å²) in [7, 11) is 0. The molecule has 1 N–H and O–H groups in total. The third kappa shape index (κ3) is 3.92. The van der Waals surface area contributed by atoms with Crippen LogP contribution in [0.5, 0.6) is 0 Å². The number of nitrogens with one attached hydrogen (secondary N) is 1. The van der Waals surface area contributed by atoms with Gasteiger partial charge in [-0.1, -0.05) is 29.8 Å². The van der Waals surface area contributed by atoms with Crippen LogP contribution in [0, 0.1) is 5.82 Å². The van der Waals surface area contributed by atoms with Crippen molar-refractivity contribution in [1.29, 1.82) is 0 Å². The molecule has 1 heterocycles. The summed E-state index contributed by atoms with van der Waals surface area (Å²) in [5.41, 5.74) is 1.36. The standard InChI is InChI=1S/C18H16ClFN2O2/c19-13-6-4-12(5-7-13)8-17(23)21-15-10-18(24)22(11-15)16-3-1-2-14(20)9-16/h1-7,9,15H,8,10-11H2,(H,21,23)/t15-/m1/s1. The predicted molar refractivity (Wildman–Crippen MR) is 90.5 cm³/mol. The average Bonchev–Trinajstić information content (AvgIpc) is 2.90. The van der Waals surface area contributed by atoms with Crippen molar-refractivity contribution >= 4 is 29.1 Å². The van der Waals surface area contributed by atoms with Gasteiger partial charge in [0.1, 0.15) is 5.82 Å². The Morgan fingerprint density at radius 2 is 2.00 bits per heavy atom. The van der Waals surface area contributed by atoms with Crippen molar-refractivity contribution in [3.05, 3.63) is 64.9 Å². The molecule has 1 aliphatic heterocycles. The van der Waals surface area contributed by atoms with Crippen molar-refractivity contribution in [1.82, 2.24) is 5.32 Å². The monoisotopic (exact) mass is 346 g/mol. The van der Waals surface area contributed by atoms with Crippen LogP contribution in [-0.4, -0.2) is 24.4 Å². The maximum absolute atomic E-state index is 13.3. The molecule has 4 nitrogen and oxygen atoms in total. The van der Waals surface area contributed by atoms with E-state index < -0.39 is 5.82 Å². The summed E-state index contributed by atoms with van der Waals surface area (Å²) in [6.07, 6.45) is 0.435. The number of rotatable bonds is 4. The number of hydrogen-bond donors (Lipinski definition) is 1. The van der Waals surface area contributed by atoms with Crippen LogP contribution in [0.2, 0.25) is 5.02 Å². The lowest BCUT2D eigenvalue weighted by molar-refractivity contribution is -0.121.